The fourth-order valence-electron chi connectivity index (χ4n) is 4.76. The molecule has 0 spiro atoms. The lowest BCUT2D eigenvalue weighted by Crippen LogP contribution is -2.26. The van der Waals surface area contributed by atoms with E-state index in [1.807, 2.05) is 0 Å². The van der Waals surface area contributed by atoms with Gasteiger partial charge in [0.25, 0.3) is 0 Å². The Balaban J connectivity index is 1.96. The maximum atomic E-state index is 12.3. The van der Waals surface area contributed by atoms with E-state index in [9.17, 15) is 29.4 Å². The van der Waals surface area contributed by atoms with E-state index in [0.29, 0.717) is 37.7 Å². The van der Waals surface area contributed by atoms with Crippen LogP contribution in [0.25, 0.3) is 43.1 Å². The normalized spacial score (nSPS) is 13.4. The van der Waals surface area contributed by atoms with E-state index < -0.39 is 23.9 Å². The summed E-state index contributed by atoms with van der Waals surface area (Å²) in [7, 11) is 0. The lowest BCUT2D eigenvalue weighted by molar-refractivity contribution is -0.255. The van der Waals surface area contributed by atoms with Crippen LogP contribution in [0, 0.1) is 0 Å². The third-order valence-corrected chi connectivity index (χ3v) is 5.97. The van der Waals surface area contributed by atoms with Gasteiger partial charge in [0.2, 0.25) is 0 Å². The summed E-state index contributed by atoms with van der Waals surface area (Å²) in [6.45, 7) is 0. The summed E-state index contributed by atoms with van der Waals surface area (Å²) < 4.78 is 4.82. The van der Waals surface area contributed by atoms with Crippen molar-refractivity contribution in [2.24, 2.45) is 0 Å². The fraction of sp³-hybridized carbons (Fsp3) is 0. The van der Waals surface area contributed by atoms with E-state index in [-0.39, 0.29) is 27.6 Å². The van der Waals surface area contributed by atoms with Crippen LogP contribution < -0.4 is 10.2 Å². The minimum Gasteiger partial charge on any atom is -0.545 e. The molecule has 7 heteroatoms. The van der Waals surface area contributed by atoms with Gasteiger partial charge in [-0.3, -0.25) is 0 Å². The second-order valence-corrected chi connectivity index (χ2v) is 7.39. The van der Waals surface area contributed by atoms with Gasteiger partial charge in [-0.25, -0.2) is 9.59 Å². The van der Waals surface area contributed by atoms with Gasteiger partial charge in [0.1, 0.15) is 0 Å². The molecule has 0 atom stereocenters. The van der Waals surface area contributed by atoms with Crippen molar-refractivity contribution in [2.75, 3.05) is 0 Å². The SMILES string of the molecule is O=C([O-])c1ccc2c3ccc4c5c(ccc(c6ccc(C(=O)[O-])c1c26)c53)C(=O)OC4=O. The Morgan fingerprint density at radius 3 is 1.35 bits per heavy atom. The highest BCUT2D eigenvalue weighted by Gasteiger charge is 2.29. The topological polar surface area (TPSA) is 124 Å². The molecule has 0 fully saturated rings. The minimum atomic E-state index is -1.50. The zero-order valence-electron chi connectivity index (χ0n) is 15.5. The van der Waals surface area contributed by atoms with Crippen molar-refractivity contribution in [3.8, 4) is 0 Å². The van der Waals surface area contributed by atoms with Crippen molar-refractivity contribution < 1.29 is 34.1 Å². The maximum Gasteiger partial charge on any atom is 0.346 e. The first-order valence-corrected chi connectivity index (χ1v) is 9.28. The van der Waals surface area contributed by atoms with Gasteiger partial charge < -0.3 is 24.5 Å². The van der Waals surface area contributed by atoms with Crippen LogP contribution in [0.3, 0.4) is 0 Å². The molecule has 0 radical (unpaired) electrons. The van der Waals surface area contributed by atoms with Crippen molar-refractivity contribution in [2.45, 2.75) is 0 Å². The number of carbonyl (C=O) groups is 4. The molecule has 148 valence electrons. The molecule has 0 saturated carbocycles. The van der Waals surface area contributed by atoms with E-state index in [1.165, 1.54) is 12.1 Å². The summed E-state index contributed by atoms with van der Waals surface area (Å²) in [6.07, 6.45) is 0. The van der Waals surface area contributed by atoms with Crippen LogP contribution >= 0.6 is 0 Å². The molecule has 5 aromatic carbocycles. The lowest BCUT2D eigenvalue weighted by Gasteiger charge is -2.22. The molecule has 0 aromatic heterocycles. The number of esters is 2. The average Bonchev–Trinajstić information content (AvgIpc) is 2.75. The molecule has 1 aliphatic heterocycles. The zero-order chi connectivity index (χ0) is 21.6. The van der Waals surface area contributed by atoms with Gasteiger partial charge in [-0.15, -0.1) is 0 Å². The van der Waals surface area contributed by atoms with Gasteiger partial charge >= 0.3 is 11.9 Å². The minimum absolute atomic E-state index is 0.0181. The molecule has 7 nitrogen and oxygen atoms in total. The number of benzene rings is 5. The molecule has 0 amide bonds. The Kier molecular flexibility index (Phi) is 3.10. The molecule has 1 heterocycles. The van der Waals surface area contributed by atoms with Gasteiger partial charge in [0.15, 0.2) is 0 Å². The second kappa shape index (κ2) is 5.54. The first-order chi connectivity index (χ1) is 14.9. The first kappa shape index (κ1) is 17.3. The monoisotopic (exact) mass is 408 g/mol. The van der Waals surface area contributed by atoms with E-state index in [0.717, 1.165) is 0 Å². The number of cyclic esters (lactones) is 2. The van der Waals surface area contributed by atoms with Crippen molar-refractivity contribution in [1.82, 2.24) is 0 Å². The number of carboxylic acid groups (broad SMARTS) is 2. The third kappa shape index (κ3) is 2.02. The molecular weight excluding hydrogens is 400 g/mol. The summed E-state index contributed by atoms with van der Waals surface area (Å²) in [4.78, 5) is 48.1. The Morgan fingerprint density at radius 1 is 0.548 bits per heavy atom. The highest BCUT2D eigenvalue weighted by molar-refractivity contribution is 6.38. The van der Waals surface area contributed by atoms with Crippen LogP contribution in [0.15, 0.2) is 48.5 Å². The molecule has 0 bridgehead atoms. The quantitative estimate of drug-likeness (QED) is 0.189. The predicted octanol–water partition coefficient (Wildman–Crippen LogP) is 1.77. The molecule has 31 heavy (non-hydrogen) atoms. The third-order valence-electron chi connectivity index (χ3n) is 5.97. The summed E-state index contributed by atoms with van der Waals surface area (Å²) >= 11 is 0. The summed E-state index contributed by atoms with van der Waals surface area (Å²) in [5, 5.41) is 27.5. The smallest absolute Gasteiger partial charge is 0.346 e. The van der Waals surface area contributed by atoms with E-state index in [1.54, 1.807) is 36.4 Å². The average molecular weight is 408 g/mol. The van der Waals surface area contributed by atoms with Gasteiger partial charge in [0.05, 0.1) is 23.1 Å². The molecular formula is C24H8O7-2. The molecule has 0 saturated heterocycles. The van der Waals surface area contributed by atoms with Gasteiger partial charge in [-0.05, 0) is 44.5 Å². The lowest BCUT2D eigenvalue weighted by atomic mass is 9.84. The second-order valence-electron chi connectivity index (χ2n) is 7.39. The van der Waals surface area contributed by atoms with Crippen LogP contribution in [0.1, 0.15) is 41.4 Å². The van der Waals surface area contributed by atoms with Gasteiger partial charge in [-0.1, -0.05) is 36.4 Å². The molecule has 1 aliphatic rings. The number of fused-ring (bicyclic) bond motifs is 2. The fourth-order valence-corrected chi connectivity index (χ4v) is 4.76. The molecule has 0 unspecified atom stereocenters. The predicted molar refractivity (Wildman–Crippen MR) is 106 cm³/mol. The molecule has 0 N–H and O–H groups in total. The molecule has 6 rings (SSSR count). The summed E-state index contributed by atoms with van der Waals surface area (Å²) in [6, 6.07) is 12.2. The number of ether oxygens (including phenoxy) is 1. The summed E-state index contributed by atoms with van der Waals surface area (Å²) in [5.41, 5.74) is 0.000393. The Hall–Kier alpha value is -4.52. The number of carboxylic acids is 2. The van der Waals surface area contributed by atoms with Crippen LogP contribution in [-0.2, 0) is 4.74 Å². The zero-order valence-corrected chi connectivity index (χ0v) is 15.5. The van der Waals surface area contributed by atoms with Crippen LogP contribution in [0.5, 0.6) is 0 Å². The Labute approximate surface area is 172 Å². The molecule has 5 aromatic rings. The highest BCUT2D eigenvalue weighted by Crippen LogP contribution is 2.44. The standard InChI is InChI=1S/C24H10O7/c25-21(26)13-5-1-9-11-3-7-15-20-16(24(30)31-23(15)29)8-4-12(18(11)20)10-2-6-14(22(27)28)19(13)17(9)10/h1-8H,(H,25,26)(H,27,28)/p-2. The van der Waals surface area contributed by atoms with Gasteiger partial charge in [-0.2, -0.15) is 0 Å². The number of carbonyl (C=O) groups excluding carboxylic acids is 4. The first-order valence-electron chi connectivity index (χ1n) is 9.28. The molecule has 0 aliphatic carbocycles. The summed E-state index contributed by atoms with van der Waals surface area (Å²) in [5.74, 6) is -4.49. The maximum absolute atomic E-state index is 12.3. The van der Waals surface area contributed by atoms with E-state index >= 15 is 0 Å². The van der Waals surface area contributed by atoms with Gasteiger partial charge in [0, 0.05) is 21.9 Å². The Bertz CT molecular complexity index is 1580. The number of hydrogen-bond acceptors (Lipinski definition) is 7. The van der Waals surface area contributed by atoms with Crippen molar-refractivity contribution in [1.29, 1.82) is 0 Å². The highest BCUT2D eigenvalue weighted by atomic mass is 16.6. The van der Waals surface area contributed by atoms with Crippen LogP contribution in [0.4, 0.5) is 0 Å². The van der Waals surface area contributed by atoms with Crippen molar-refractivity contribution in [3.63, 3.8) is 0 Å². The largest absolute Gasteiger partial charge is 0.545 e. The number of aromatic carboxylic acids is 2. The van der Waals surface area contributed by atoms with Crippen LogP contribution in [0.2, 0.25) is 0 Å². The van der Waals surface area contributed by atoms with E-state index in [4.69, 9.17) is 4.74 Å². The van der Waals surface area contributed by atoms with Crippen molar-refractivity contribution >= 4 is 67.0 Å². The van der Waals surface area contributed by atoms with E-state index in [2.05, 4.69) is 0 Å². The number of hydrogen-bond donors (Lipinski definition) is 0. The van der Waals surface area contributed by atoms with Crippen molar-refractivity contribution in [3.05, 3.63) is 70.8 Å². The number of rotatable bonds is 2. The van der Waals surface area contributed by atoms with Crippen LogP contribution in [-0.4, -0.2) is 23.9 Å². The Morgan fingerprint density at radius 2 is 0.935 bits per heavy atom.